The van der Waals surface area contributed by atoms with E-state index in [0.29, 0.717) is 0 Å². The topological polar surface area (TPSA) is 221 Å². The summed E-state index contributed by atoms with van der Waals surface area (Å²) in [4.78, 5) is 88.3. The van der Waals surface area contributed by atoms with E-state index in [-0.39, 0.29) is 66.9 Å². The lowest BCUT2D eigenvalue weighted by atomic mass is 9.84. The third-order valence-electron chi connectivity index (χ3n) is 10.7. The van der Waals surface area contributed by atoms with Crippen molar-refractivity contribution in [2.24, 2.45) is 0 Å². The first kappa shape index (κ1) is 65.5. The molecule has 2 aliphatic rings. The average Bonchev–Trinajstić information content (AvgIpc) is 3.34. The number of halogens is 14. The van der Waals surface area contributed by atoms with Crippen LogP contribution in [0.15, 0.2) is 0 Å². The largest absolute Gasteiger partial charge is 0.463 e. The Labute approximate surface area is 507 Å². The van der Waals surface area contributed by atoms with Gasteiger partial charge >= 0.3 is 41.8 Å². The molecule has 32 heteroatoms. The van der Waals surface area contributed by atoms with Gasteiger partial charge in [0.25, 0.3) is 0 Å². The summed E-state index contributed by atoms with van der Waals surface area (Å²) in [6, 6.07) is 0. The molecule has 0 radical (unpaired) electrons. The molecule has 0 N–H and O–H groups in total. The Morgan fingerprint density at radius 1 is 0.351 bits per heavy atom. The minimum atomic E-state index is -2.06. The molecular weight excluding hydrogens is 1320 g/mol. The monoisotopic (exact) mass is 1350 g/mol. The number of esters is 7. The first-order valence-electron chi connectivity index (χ1n) is 21.5. The van der Waals surface area contributed by atoms with E-state index in [0.717, 1.165) is 48.5 Å². The zero-order valence-corrected chi connectivity index (χ0v) is 50.5. The highest BCUT2D eigenvalue weighted by Crippen LogP contribution is 2.59. The summed E-state index contributed by atoms with van der Waals surface area (Å²) in [5, 5.41) is -5.46. The molecule has 0 bridgehead atoms. The summed E-state index contributed by atoms with van der Waals surface area (Å²) >= 11 is 94.7. The number of hydrogen-bond acceptors (Lipinski definition) is 18. The van der Waals surface area contributed by atoms with Gasteiger partial charge in [-0.25, -0.2) is 0 Å². The zero-order valence-electron chi connectivity index (χ0n) is 39.9. The van der Waals surface area contributed by atoms with E-state index < -0.39 is 148 Å². The number of carbonyl (C=O) groups is 7. The standard InChI is InChI=1S/C45H36Cl14O18/c1-10(60)67-8-17-37(69-12(3)62)40(70-13(4)63)42(72-15(6)65)44(74-17)76-38-18(9-68-11(2)61)75-45(43(73-16(7)66)41(38)71-14(5)64)77-39-35(58)27(50)22(28(51)36(39)59)19(20-23(46)29(52)33(56)30(53)24(20)47)21-25(48)31(54)34(57)32(55)26(21)49/h17-19,37-38,40-45H,8-9H2,1-7H3/t17-,18-,37-,38-,40+,41+,42-,43-,44-,45+/m1/s1. The van der Waals surface area contributed by atoms with E-state index >= 15 is 0 Å². The minimum absolute atomic E-state index is 0.207. The highest BCUT2D eigenvalue weighted by atomic mass is 35.5. The predicted octanol–water partition coefficient (Wildman–Crippen LogP) is 13.0. The van der Waals surface area contributed by atoms with Gasteiger partial charge in [-0.1, -0.05) is 162 Å². The molecule has 2 saturated heterocycles. The molecule has 0 unspecified atom stereocenters. The Kier molecular flexibility index (Phi) is 23.5. The van der Waals surface area contributed by atoms with Gasteiger partial charge in [-0.05, 0) is 0 Å². The van der Waals surface area contributed by atoms with Crippen LogP contribution in [0.2, 0.25) is 70.3 Å². The summed E-state index contributed by atoms with van der Waals surface area (Å²) in [6.07, 6.45) is -18.4. The second kappa shape index (κ2) is 27.6. The lowest BCUT2D eigenvalue weighted by Gasteiger charge is -2.48. The van der Waals surface area contributed by atoms with Gasteiger partial charge in [0, 0.05) is 71.1 Å². The van der Waals surface area contributed by atoms with Crippen LogP contribution < -0.4 is 4.74 Å². The van der Waals surface area contributed by atoms with Crippen molar-refractivity contribution in [2.45, 2.75) is 116 Å². The van der Waals surface area contributed by atoms with Crippen molar-refractivity contribution in [2.75, 3.05) is 13.2 Å². The molecule has 422 valence electrons. The van der Waals surface area contributed by atoms with Crippen LogP contribution in [0.4, 0.5) is 0 Å². The maximum Gasteiger partial charge on any atom is 0.303 e. The lowest BCUT2D eigenvalue weighted by Crippen LogP contribution is -2.67. The van der Waals surface area contributed by atoms with Crippen LogP contribution in [0.3, 0.4) is 0 Å². The highest BCUT2D eigenvalue weighted by Gasteiger charge is 2.58. The minimum Gasteiger partial charge on any atom is -0.463 e. The SMILES string of the molecule is CC(=O)OC[C@H]1O[C@H](O[C@H]2[C@H](OC(C)=O)[C@@H](OC(C)=O)[C@H](Oc3c(Cl)c(Cl)c(C(c4c(Cl)c(Cl)c(Cl)c(Cl)c4Cl)c4c(Cl)c(Cl)c(Cl)c(Cl)c4Cl)c(Cl)c3Cl)O[C@@H]2COC(C)=O)[C@H](OC(C)=O)[C@@H](OC(C)=O)[C@@H]1OC(C)=O. The molecule has 2 fully saturated rings. The van der Waals surface area contributed by atoms with Crippen molar-refractivity contribution in [1.82, 2.24) is 0 Å². The van der Waals surface area contributed by atoms with Crippen molar-refractivity contribution in [1.29, 1.82) is 0 Å². The van der Waals surface area contributed by atoms with Gasteiger partial charge in [0.05, 0.1) is 60.3 Å². The fourth-order valence-corrected chi connectivity index (χ4v) is 11.8. The van der Waals surface area contributed by atoms with Crippen LogP contribution >= 0.6 is 162 Å². The Morgan fingerprint density at radius 2 is 0.623 bits per heavy atom. The number of hydrogen-bond donors (Lipinski definition) is 0. The third kappa shape index (κ3) is 14.9. The van der Waals surface area contributed by atoms with Crippen LogP contribution in [-0.2, 0) is 80.9 Å². The summed E-state index contributed by atoms with van der Waals surface area (Å²) in [6.45, 7) is 5.41. The molecule has 0 spiro atoms. The quantitative estimate of drug-likeness (QED) is 0.0428. The summed E-state index contributed by atoms with van der Waals surface area (Å²) in [7, 11) is 0. The normalized spacial score (nSPS) is 23.1. The first-order valence-corrected chi connectivity index (χ1v) is 26.8. The van der Waals surface area contributed by atoms with E-state index in [1.54, 1.807) is 0 Å². The molecule has 0 saturated carbocycles. The van der Waals surface area contributed by atoms with E-state index in [1.165, 1.54) is 0 Å². The number of ether oxygens (including phenoxy) is 11. The molecule has 0 aliphatic carbocycles. The van der Waals surface area contributed by atoms with E-state index in [1.807, 2.05) is 0 Å². The van der Waals surface area contributed by atoms with E-state index in [9.17, 15) is 33.6 Å². The molecule has 2 heterocycles. The van der Waals surface area contributed by atoms with Crippen molar-refractivity contribution >= 4 is 204 Å². The Balaban J connectivity index is 1.75. The second-order valence-corrected chi connectivity index (χ2v) is 21.5. The zero-order chi connectivity index (χ0) is 58.0. The molecule has 10 atom stereocenters. The molecule has 3 aromatic rings. The Bertz CT molecular complexity index is 2720. The molecule has 5 rings (SSSR count). The highest BCUT2D eigenvalue weighted by molar-refractivity contribution is 6.57. The van der Waals surface area contributed by atoms with Gasteiger partial charge in [-0.15, -0.1) is 0 Å². The molecule has 0 aromatic heterocycles. The van der Waals surface area contributed by atoms with Crippen molar-refractivity contribution in [3.63, 3.8) is 0 Å². The number of benzene rings is 3. The number of rotatable bonds is 16. The maximum absolute atomic E-state index is 13.1. The summed E-state index contributed by atoms with van der Waals surface area (Å²) in [5.41, 5.74) is -0.708. The van der Waals surface area contributed by atoms with Gasteiger partial charge in [0.1, 0.15) is 41.6 Å². The van der Waals surface area contributed by atoms with Gasteiger partial charge in [0.15, 0.2) is 36.5 Å². The summed E-state index contributed by atoms with van der Waals surface area (Å²) in [5.74, 6) is -9.08. The van der Waals surface area contributed by atoms with E-state index in [4.69, 9.17) is 215 Å². The maximum atomic E-state index is 13.1. The van der Waals surface area contributed by atoms with Gasteiger partial charge in [0.2, 0.25) is 12.4 Å². The van der Waals surface area contributed by atoms with Crippen molar-refractivity contribution in [3.05, 3.63) is 87.0 Å². The van der Waals surface area contributed by atoms with Crippen LogP contribution in [0.5, 0.6) is 5.75 Å². The molecular formula is C45H36Cl14O18. The van der Waals surface area contributed by atoms with Crippen molar-refractivity contribution in [3.8, 4) is 5.75 Å². The first-order chi connectivity index (χ1) is 35.8. The van der Waals surface area contributed by atoms with Crippen molar-refractivity contribution < 1.29 is 85.7 Å². The third-order valence-corrected chi connectivity index (χ3v) is 17.0. The van der Waals surface area contributed by atoms with Gasteiger partial charge in [-0.3, -0.25) is 33.6 Å². The molecule has 2 aliphatic heterocycles. The second-order valence-electron chi connectivity index (χ2n) is 16.2. The summed E-state index contributed by atoms with van der Waals surface area (Å²) < 4.78 is 63.6. The smallest absolute Gasteiger partial charge is 0.303 e. The fraction of sp³-hybridized carbons (Fsp3) is 0.444. The fourth-order valence-electron chi connectivity index (χ4n) is 7.85. The van der Waals surface area contributed by atoms with Crippen LogP contribution in [0, 0.1) is 0 Å². The lowest BCUT2D eigenvalue weighted by molar-refractivity contribution is -0.354. The average molecular weight is 1360 g/mol. The Morgan fingerprint density at radius 3 is 0.974 bits per heavy atom. The molecule has 3 aromatic carbocycles. The van der Waals surface area contributed by atoms with Gasteiger partial charge < -0.3 is 52.1 Å². The van der Waals surface area contributed by atoms with Crippen LogP contribution in [0.25, 0.3) is 0 Å². The predicted molar refractivity (Wildman–Crippen MR) is 284 cm³/mol. The molecule has 0 amide bonds. The molecule has 77 heavy (non-hydrogen) atoms. The molecule has 18 nitrogen and oxygen atoms in total. The van der Waals surface area contributed by atoms with Gasteiger partial charge in [-0.2, -0.15) is 0 Å². The van der Waals surface area contributed by atoms with Crippen LogP contribution in [0.1, 0.15) is 71.1 Å². The number of carbonyl (C=O) groups excluding carboxylic acids is 7. The van der Waals surface area contributed by atoms with Crippen LogP contribution in [-0.4, -0.2) is 116 Å². The van der Waals surface area contributed by atoms with E-state index in [2.05, 4.69) is 0 Å². The Hall–Kier alpha value is -2.31.